The maximum absolute atomic E-state index is 10.1. The molecule has 0 bridgehead atoms. The third-order valence-corrected chi connectivity index (χ3v) is 3.20. The Balaban J connectivity index is 3.10. The summed E-state index contributed by atoms with van der Waals surface area (Å²) >= 11 is 0. The number of nitriles is 1. The van der Waals surface area contributed by atoms with E-state index < -0.39 is 11.1 Å². The van der Waals surface area contributed by atoms with Gasteiger partial charge in [-0.2, -0.15) is 5.26 Å². The van der Waals surface area contributed by atoms with Crippen LogP contribution in [0, 0.1) is 11.3 Å². The maximum Gasteiger partial charge on any atom is 0.101 e. The van der Waals surface area contributed by atoms with Crippen molar-refractivity contribution >= 4 is 11.4 Å². The third-order valence-electron chi connectivity index (χ3n) is 3.20. The summed E-state index contributed by atoms with van der Waals surface area (Å²) in [6.45, 7) is 7.21. The molecule has 0 aromatic heterocycles. The average molecular weight is 233 g/mol. The monoisotopic (exact) mass is 233 g/mol. The van der Waals surface area contributed by atoms with E-state index in [9.17, 15) is 5.11 Å². The minimum atomic E-state index is -0.915. The van der Waals surface area contributed by atoms with E-state index in [0.717, 1.165) is 0 Å². The van der Waals surface area contributed by atoms with Crippen molar-refractivity contribution in [2.45, 2.75) is 38.8 Å². The molecular weight excluding hydrogens is 214 g/mol. The third kappa shape index (κ3) is 2.69. The van der Waals surface area contributed by atoms with Crippen molar-refractivity contribution in [2.24, 2.45) is 0 Å². The van der Waals surface area contributed by atoms with Gasteiger partial charge in [0.15, 0.2) is 0 Å². The van der Waals surface area contributed by atoms with Crippen LogP contribution < -0.4 is 11.1 Å². The molecule has 0 aliphatic rings. The lowest BCUT2D eigenvalue weighted by Gasteiger charge is -2.39. The van der Waals surface area contributed by atoms with Gasteiger partial charge >= 0.3 is 0 Å². The quantitative estimate of drug-likeness (QED) is 0.698. The van der Waals surface area contributed by atoms with Gasteiger partial charge in [0.2, 0.25) is 0 Å². The molecule has 17 heavy (non-hydrogen) atoms. The predicted molar refractivity (Wildman–Crippen MR) is 69.6 cm³/mol. The molecule has 4 nitrogen and oxygen atoms in total. The van der Waals surface area contributed by atoms with E-state index in [1.54, 1.807) is 32.0 Å². The number of para-hydroxylation sites is 1. The first-order valence-electron chi connectivity index (χ1n) is 5.48. The fourth-order valence-corrected chi connectivity index (χ4v) is 1.26. The summed E-state index contributed by atoms with van der Waals surface area (Å²) in [7, 11) is 0. The molecular formula is C13H19N3O. The topological polar surface area (TPSA) is 82.1 Å². The van der Waals surface area contributed by atoms with Gasteiger partial charge in [-0.15, -0.1) is 0 Å². The maximum atomic E-state index is 10.1. The Morgan fingerprint density at radius 1 is 1.29 bits per heavy atom. The lowest BCUT2D eigenvalue weighted by Crippen LogP contribution is -2.51. The van der Waals surface area contributed by atoms with Crippen LogP contribution in [0.25, 0.3) is 0 Å². The molecule has 0 fully saturated rings. The predicted octanol–water partition coefficient (Wildman–Crippen LogP) is 2.10. The van der Waals surface area contributed by atoms with Gasteiger partial charge in [-0.25, -0.2) is 0 Å². The number of nitrogens with two attached hydrogens (primary N) is 1. The number of rotatable bonds is 3. The summed E-state index contributed by atoms with van der Waals surface area (Å²) in [6.07, 6.45) is 0. The molecule has 0 radical (unpaired) electrons. The van der Waals surface area contributed by atoms with Gasteiger partial charge < -0.3 is 16.2 Å². The van der Waals surface area contributed by atoms with Crippen LogP contribution >= 0.6 is 0 Å². The van der Waals surface area contributed by atoms with Crippen molar-refractivity contribution in [1.29, 1.82) is 5.26 Å². The molecule has 0 atom stereocenters. The Morgan fingerprint density at radius 3 is 2.35 bits per heavy atom. The highest BCUT2D eigenvalue weighted by Gasteiger charge is 2.35. The van der Waals surface area contributed by atoms with Gasteiger partial charge in [-0.05, 0) is 39.8 Å². The molecule has 1 rings (SSSR count). The number of nitrogen functional groups attached to an aromatic ring is 1. The molecule has 1 aromatic rings. The van der Waals surface area contributed by atoms with E-state index in [4.69, 9.17) is 11.0 Å². The summed E-state index contributed by atoms with van der Waals surface area (Å²) in [5, 5.41) is 22.1. The lowest BCUT2D eigenvalue weighted by atomic mass is 9.85. The van der Waals surface area contributed by atoms with Crippen LogP contribution in [-0.4, -0.2) is 16.2 Å². The van der Waals surface area contributed by atoms with Crippen LogP contribution in [0.1, 0.15) is 33.3 Å². The SMILES string of the molecule is CC(C)(O)C(C)(C)Nc1cccc(C#N)c1N. The second-order valence-electron chi connectivity index (χ2n) is 5.19. The smallest absolute Gasteiger partial charge is 0.101 e. The molecule has 4 heteroatoms. The van der Waals surface area contributed by atoms with Gasteiger partial charge in [0.25, 0.3) is 0 Å². The van der Waals surface area contributed by atoms with Crippen molar-refractivity contribution in [1.82, 2.24) is 0 Å². The molecule has 0 spiro atoms. The molecule has 0 aliphatic carbocycles. The Hall–Kier alpha value is -1.73. The second kappa shape index (κ2) is 4.27. The van der Waals surface area contributed by atoms with Crippen LogP contribution in [0.2, 0.25) is 0 Å². The normalized spacial score (nSPS) is 12.0. The number of nitrogens with zero attached hydrogens (tertiary/aromatic N) is 1. The van der Waals surface area contributed by atoms with Crippen LogP contribution in [0.4, 0.5) is 11.4 Å². The van der Waals surface area contributed by atoms with Crippen molar-refractivity contribution in [3.05, 3.63) is 23.8 Å². The van der Waals surface area contributed by atoms with Gasteiger partial charge in [-0.3, -0.25) is 0 Å². The molecule has 0 amide bonds. The molecule has 0 aliphatic heterocycles. The summed E-state index contributed by atoms with van der Waals surface area (Å²) < 4.78 is 0. The molecule has 1 aromatic carbocycles. The highest BCUT2D eigenvalue weighted by Crippen LogP contribution is 2.30. The fourth-order valence-electron chi connectivity index (χ4n) is 1.26. The van der Waals surface area contributed by atoms with Crippen LogP contribution in [0.15, 0.2) is 18.2 Å². The Bertz CT molecular complexity index is 453. The largest absolute Gasteiger partial charge is 0.396 e. The first-order valence-corrected chi connectivity index (χ1v) is 5.48. The van der Waals surface area contributed by atoms with Crippen molar-refractivity contribution in [2.75, 3.05) is 11.1 Å². The van der Waals surface area contributed by atoms with Crippen LogP contribution in [-0.2, 0) is 0 Å². The molecule has 0 unspecified atom stereocenters. The molecule has 0 saturated carbocycles. The number of aliphatic hydroxyl groups is 1. The zero-order valence-electron chi connectivity index (χ0n) is 10.7. The van der Waals surface area contributed by atoms with Gasteiger partial charge in [0.05, 0.1) is 28.1 Å². The highest BCUT2D eigenvalue weighted by atomic mass is 16.3. The zero-order chi connectivity index (χ0) is 13.3. The van der Waals surface area contributed by atoms with E-state index in [2.05, 4.69) is 5.32 Å². The van der Waals surface area contributed by atoms with E-state index in [1.165, 1.54) is 0 Å². The first-order chi connectivity index (χ1) is 7.69. The van der Waals surface area contributed by atoms with E-state index >= 15 is 0 Å². The summed E-state index contributed by atoms with van der Waals surface area (Å²) in [6, 6.07) is 7.25. The molecule has 4 N–H and O–H groups in total. The second-order valence-corrected chi connectivity index (χ2v) is 5.19. The summed E-state index contributed by atoms with van der Waals surface area (Å²) in [5.41, 5.74) is 5.91. The minimum Gasteiger partial charge on any atom is -0.396 e. The van der Waals surface area contributed by atoms with Gasteiger partial charge in [0, 0.05) is 0 Å². The number of nitrogens with one attached hydrogen (secondary N) is 1. The number of hydrogen-bond donors (Lipinski definition) is 3. The Morgan fingerprint density at radius 2 is 1.88 bits per heavy atom. The molecule has 0 heterocycles. The van der Waals surface area contributed by atoms with E-state index in [0.29, 0.717) is 16.9 Å². The van der Waals surface area contributed by atoms with Crippen LogP contribution in [0.5, 0.6) is 0 Å². The number of benzene rings is 1. The Kier molecular flexibility index (Phi) is 3.35. The van der Waals surface area contributed by atoms with Gasteiger partial charge in [0.1, 0.15) is 6.07 Å². The molecule has 92 valence electrons. The minimum absolute atomic E-state index is 0.410. The fraction of sp³-hybridized carbons (Fsp3) is 0.462. The van der Waals surface area contributed by atoms with Crippen molar-refractivity contribution in [3.8, 4) is 6.07 Å². The van der Waals surface area contributed by atoms with Crippen molar-refractivity contribution < 1.29 is 5.11 Å². The first kappa shape index (κ1) is 13.3. The van der Waals surface area contributed by atoms with E-state index in [1.807, 2.05) is 19.9 Å². The average Bonchev–Trinajstić information content (AvgIpc) is 2.19. The van der Waals surface area contributed by atoms with E-state index in [-0.39, 0.29) is 0 Å². The summed E-state index contributed by atoms with van der Waals surface area (Å²) in [5.74, 6) is 0. The summed E-state index contributed by atoms with van der Waals surface area (Å²) in [4.78, 5) is 0. The zero-order valence-corrected chi connectivity index (χ0v) is 10.7. The standard InChI is InChI=1S/C13H19N3O/c1-12(2,13(3,4)17)16-10-7-5-6-9(8-14)11(10)15/h5-7,16-17H,15H2,1-4H3. The Labute approximate surface area is 102 Å². The highest BCUT2D eigenvalue weighted by molar-refractivity contribution is 5.73. The van der Waals surface area contributed by atoms with Crippen molar-refractivity contribution in [3.63, 3.8) is 0 Å². The lowest BCUT2D eigenvalue weighted by molar-refractivity contribution is 0.0241. The van der Waals surface area contributed by atoms with Crippen LogP contribution in [0.3, 0.4) is 0 Å². The van der Waals surface area contributed by atoms with Gasteiger partial charge in [-0.1, -0.05) is 6.07 Å². The molecule has 0 saturated heterocycles. The number of hydrogen-bond acceptors (Lipinski definition) is 4. The number of anilines is 2.